The molecule has 1 N–H and O–H groups in total. The summed E-state index contributed by atoms with van der Waals surface area (Å²) in [5.74, 6) is 0.818. The maximum absolute atomic E-state index is 12.2. The Labute approximate surface area is 132 Å². The van der Waals surface area contributed by atoms with Gasteiger partial charge in [0.05, 0.1) is 17.4 Å². The first kappa shape index (κ1) is 14.2. The van der Waals surface area contributed by atoms with E-state index in [1.54, 1.807) is 12.3 Å². The summed E-state index contributed by atoms with van der Waals surface area (Å²) in [6.45, 7) is 3.59. The van der Waals surface area contributed by atoms with Gasteiger partial charge < -0.3 is 4.52 Å². The van der Waals surface area contributed by atoms with E-state index in [9.17, 15) is 4.79 Å². The Hall–Kier alpha value is -2.41. The summed E-state index contributed by atoms with van der Waals surface area (Å²) in [6, 6.07) is 5.57. The molecule has 0 amide bonds. The second kappa shape index (κ2) is 5.66. The second-order valence-corrected chi connectivity index (χ2v) is 6.09. The van der Waals surface area contributed by atoms with Crippen LogP contribution in [0, 0.1) is 6.92 Å². The molecule has 7 nitrogen and oxygen atoms in total. The smallest absolute Gasteiger partial charge is 0.272 e. The van der Waals surface area contributed by atoms with Crippen molar-refractivity contribution in [2.75, 3.05) is 6.54 Å². The van der Waals surface area contributed by atoms with Gasteiger partial charge in [-0.3, -0.25) is 14.8 Å². The minimum absolute atomic E-state index is 0.0715. The topological polar surface area (TPSA) is 79.4 Å². The Morgan fingerprint density at radius 3 is 3.13 bits per heavy atom. The van der Waals surface area contributed by atoms with E-state index in [2.05, 4.69) is 20.1 Å². The summed E-state index contributed by atoms with van der Waals surface area (Å²) in [5, 5.41) is 6.97. The van der Waals surface area contributed by atoms with Gasteiger partial charge >= 0.3 is 0 Å². The number of piperidine rings is 1. The Bertz CT molecular complexity index is 878. The quantitative estimate of drug-likeness (QED) is 0.800. The summed E-state index contributed by atoms with van der Waals surface area (Å²) >= 11 is 0. The summed E-state index contributed by atoms with van der Waals surface area (Å²) in [7, 11) is 0. The van der Waals surface area contributed by atoms with Gasteiger partial charge in [-0.1, -0.05) is 11.6 Å². The van der Waals surface area contributed by atoms with Crippen molar-refractivity contribution in [3.05, 3.63) is 51.9 Å². The second-order valence-electron chi connectivity index (χ2n) is 6.09. The van der Waals surface area contributed by atoms with Crippen LogP contribution in [0.3, 0.4) is 0 Å². The maximum Gasteiger partial charge on any atom is 0.272 e. The first-order chi connectivity index (χ1) is 11.2. The third-order valence-corrected chi connectivity index (χ3v) is 4.40. The van der Waals surface area contributed by atoms with Crippen LogP contribution in [-0.4, -0.2) is 31.2 Å². The molecule has 1 unspecified atom stereocenters. The van der Waals surface area contributed by atoms with Crippen molar-refractivity contribution in [3.63, 3.8) is 0 Å². The van der Waals surface area contributed by atoms with Gasteiger partial charge in [0.1, 0.15) is 5.76 Å². The zero-order chi connectivity index (χ0) is 15.8. The zero-order valence-corrected chi connectivity index (χ0v) is 13.0. The van der Waals surface area contributed by atoms with Crippen molar-refractivity contribution in [2.24, 2.45) is 0 Å². The molecule has 120 valence electrons. The lowest BCUT2D eigenvalue weighted by atomic mass is 9.99. The van der Waals surface area contributed by atoms with Crippen molar-refractivity contribution >= 4 is 5.65 Å². The molecule has 0 bridgehead atoms. The molecule has 23 heavy (non-hydrogen) atoms. The molecule has 1 atom stereocenters. The molecule has 1 saturated heterocycles. The number of nitrogens with zero attached hydrogens (tertiary/aromatic N) is 4. The van der Waals surface area contributed by atoms with E-state index in [-0.39, 0.29) is 11.6 Å². The van der Waals surface area contributed by atoms with Gasteiger partial charge in [-0.25, -0.2) is 9.50 Å². The summed E-state index contributed by atoms with van der Waals surface area (Å²) in [6.07, 6.45) is 5.03. The predicted molar refractivity (Wildman–Crippen MR) is 84.1 cm³/mol. The summed E-state index contributed by atoms with van der Waals surface area (Å²) in [4.78, 5) is 19.2. The molecule has 7 heteroatoms. The van der Waals surface area contributed by atoms with Crippen LogP contribution in [-0.2, 0) is 6.54 Å². The van der Waals surface area contributed by atoms with Gasteiger partial charge in [-0.05, 0) is 26.3 Å². The molecule has 0 aliphatic carbocycles. The van der Waals surface area contributed by atoms with E-state index in [1.165, 1.54) is 4.52 Å². The Kier molecular flexibility index (Phi) is 3.49. The summed E-state index contributed by atoms with van der Waals surface area (Å²) < 4.78 is 6.62. The molecule has 1 aliphatic heterocycles. The van der Waals surface area contributed by atoms with E-state index in [0.29, 0.717) is 5.65 Å². The first-order valence-electron chi connectivity index (χ1n) is 7.94. The fraction of sp³-hybridized carbons (Fsp3) is 0.438. The van der Waals surface area contributed by atoms with Crippen molar-refractivity contribution < 1.29 is 4.52 Å². The van der Waals surface area contributed by atoms with Gasteiger partial charge in [0.15, 0.2) is 5.65 Å². The lowest BCUT2D eigenvalue weighted by molar-refractivity contribution is 0.134. The van der Waals surface area contributed by atoms with Gasteiger partial charge in [0.2, 0.25) is 0 Å². The van der Waals surface area contributed by atoms with Crippen LogP contribution in [0.25, 0.3) is 5.65 Å². The number of aromatic amines is 1. The molecule has 3 aromatic rings. The zero-order valence-electron chi connectivity index (χ0n) is 13.0. The van der Waals surface area contributed by atoms with Crippen LogP contribution in [0.1, 0.15) is 42.5 Å². The van der Waals surface area contributed by atoms with Crippen LogP contribution in [0.4, 0.5) is 0 Å². The molecule has 4 rings (SSSR count). The Morgan fingerprint density at radius 1 is 1.39 bits per heavy atom. The van der Waals surface area contributed by atoms with Crippen molar-refractivity contribution in [1.82, 2.24) is 24.7 Å². The number of H-pyrrole nitrogens is 1. The number of aromatic nitrogens is 4. The molecular formula is C16H19N5O2. The van der Waals surface area contributed by atoms with Gasteiger partial charge in [-0.15, -0.1) is 0 Å². The standard InChI is InChI=1S/C16H19N5O2/c1-11-8-12(19-23-11)10-20-7-3-2-4-14(20)13-9-16(22)21-15(18-13)5-6-17-21/h5-6,8-9,14,17H,2-4,7,10H2,1H3. The number of rotatable bonds is 3. The molecule has 0 radical (unpaired) electrons. The van der Waals surface area contributed by atoms with Crippen LogP contribution in [0.5, 0.6) is 0 Å². The number of nitrogens with one attached hydrogen (secondary N) is 1. The number of fused-ring (bicyclic) bond motifs is 1. The third-order valence-electron chi connectivity index (χ3n) is 4.40. The molecule has 0 aromatic carbocycles. The lowest BCUT2D eigenvalue weighted by Crippen LogP contribution is -2.34. The van der Waals surface area contributed by atoms with Gasteiger partial charge in [0.25, 0.3) is 5.56 Å². The molecule has 1 aliphatic rings. The molecule has 0 spiro atoms. The van der Waals surface area contributed by atoms with Crippen molar-refractivity contribution in [1.29, 1.82) is 0 Å². The normalized spacial score (nSPS) is 19.4. The molecule has 4 heterocycles. The van der Waals surface area contributed by atoms with E-state index in [4.69, 9.17) is 4.52 Å². The van der Waals surface area contributed by atoms with Crippen molar-refractivity contribution in [3.8, 4) is 0 Å². The minimum Gasteiger partial charge on any atom is -0.361 e. The number of hydrogen-bond donors (Lipinski definition) is 1. The molecule has 3 aromatic heterocycles. The maximum atomic E-state index is 12.2. The lowest BCUT2D eigenvalue weighted by Gasteiger charge is -2.34. The first-order valence-corrected chi connectivity index (χ1v) is 7.94. The fourth-order valence-corrected chi connectivity index (χ4v) is 3.33. The average Bonchev–Trinajstić information content (AvgIpc) is 3.17. The highest BCUT2D eigenvalue weighted by Gasteiger charge is 2.26. The van der Waals surface area contributed by atoms with Crippen LogP contribution in [0.15, 0.2) is 33.7 Å². The largest absolute Gasteiger partial charge is 0.361 e. The highest BCUT2D eigenvalue weighted by molar-refractivity contribution is 5.37. The van der Waals surface area contributed by atoms with E-state index < -0.39 is 0 Å². The number of hydrogen-bond acceptors (Lipinski definition) is 5. The minimum atomic E-state index is -0.0715. The predicted octanol–water partition coefficient (Wildman–Crippen LogP) is 2.05. The van der Waals surface area contributed by atoms with Gasteiger partial charge in [-0.2, -0.15) is 0 Å². The van der Waals surface area contributed by atoms with Crippen molar-refractivity contribution in [2.45, 2.75) is 38.8 Å². The van der Waals surface area contributed by atoms with E-state index in [0.717, 1.165) is 49.5 Å². The number of aryl methyl sites for hydroxylation is 1. The highest BCUT2D eigenvalue weighted by Crippen LogP contribution is 2.30. The monoisotopic (exact) mass is 313 g/mol. The highest BCUT2D eigenvalue weighted by atomic mass is 16.5. The summed E-state index contributed by atoms with van der Waals surface area (Å²) in [5.41, 5.74) is 2.36. The Morgan fingerprint density at radius 2 is 2.30 bits per heavy atom. The fourth-order valence-electron chi connectivity index (χ4n) is 3.33. The van der Waals surface area contributed by atoms with E-state index >= 15 is 0 Å². The number of likely N-dealkylation sites (tertiary alicyclic amines) is 1. The average molecular weight is 313 g/mol. The molecular weight excluding hydrogens is 294 g/mol. The third kappa shape index (κ3) is 2.68. The Balaban J connectivity index is 1.67. The van der Waals surface area contributed by atoms with Gasteiger partial charge in [0, 0.05) is 30.9 Å². The molecule has 0 saturated carbocycles. The van der Waals surface area contributed by atoms with E-state index in [1.807, 2.05) is 19.1 Å². The van der Waals surface area contributed by atoms with Crippen LogP contribution >= 0.6 is 0 Å². The SMILES string of the molecule is Cc1cc(CN2CCCCC2c2cc(=O)n3[nH]ccc3n2)no1. The van der Waals surface area contributed by atoms with Crippen LogP contribution < -0.4 is 5.56 Å². The van der Waals surface area contributed by atoms with Crippen LogP contribution in [0.2, 0.25) is 0 Å². The molecule has 1 fully saturated rings.